The lowest BCUT2D eigenvalue weighted by Gasteiger charge is -2.17. The summed E-state index contributed by atoms with van der Waals surface area (Å²) in [4.78, 5) is 0. The summed E-state index contributed by atoms with van der Waals surface area (Å²) in [5, 5.41) is 0. The van der Waals surface area contributed by atoms with E-state index < -0.39 is 0 Å². The molecular formula is C14H27NO. The molecule has 0 aromatic rings. The molecule has 1 aliphatic carbocycles. The van der Waals surface area contributed by atoms with Crippen LogP contribution in [0.1, 0.15) is 44.9 Å². The van der Waals surface area contributed by atoms with E-state index in [9.17, 15) is 0 Å². The Morgan fingerprint density at radius 2 is 2.00 bits per heavy atom. The Bertz CT molecular complexity index is 182. The summed E-state index contributed by atoms with van der Waals surface area (Å²) < 4.78 is 5.75. The van der Waals surface area contributed by atoms with Gasteiger partial charge < -0.3 is 10.5 Å². The molecule has 0 aromatic carbocycles. The zero-order chi connectivity index (χ0) is 11.6. The first-order valence-corrected chi connectivity index (χ1v) is 6.77. The van der Waals surface area contributed by atoms with Crippen LogP contribution in [0.5, 0.6) is 0 Å². The second-order valence-electron chi connectivity index (χ2n) is 4.90. The maximum absolute atomic E-state index is 5.75. The molecule has 1 aliphatic rings. The molecular weight excluding hydrogens is 198 g/mol. The summed E-state index contributed by atoms with van der Waals surface area (Å²) in [6.45, 7) is 6.42. The second-order valence-corrected chi connectivity index (χ2v) is 4.90. The quantitative estimate of drug-likeness (QED) is 0.483. The number of ether oxygens (including phenoxy) is 1. The second kappa shape index (κ2) is 8.77. The van der Waals surface area contributed by atoms with E-state index in [0.717, 1.165) is 38.0 Å². The van der Waals surface area contributed by atoms with Crippen molar-refractivity contribution in [2.45, 2.75) is 44.9 Å². The number of unbranched alkanes of at least 4 members (excludes halogenated alkanes) is 3. The van der Waals surface area contributed by atoms with Gasteiger partial charge in [-0.3, -0.25) is 0 Å². The van der Waals surface area contributed by atoms with Crippen molar-refractivity contribution in [1.29, 1.82) is 0 Å². The highest BCUT2D eigenvalue weighted by atomic mass is 16.5. The minimum atomic E-state index is 0.723. The molecule has 0 aliphatic heterocycles. The normalized spacial score (nSPS) is 24.8. The van der Waals surface area contributed by atoms with Crippen LogP contribution in [0.2, 0.25) is 0 Å². The molecule has 0 radical (unpaired) electrons. The lowest BCUT2D eigenvalue weighted by molar-refractivity contribution is 0.0841. The molecule has 1 fully saturated rings. The van der Waals surface area contributed by atoms with E-state index in [2.05, 4.69) is 6.58 Å². The first kappa shape index (κ1) is 13.7. The van der Waals surface area contributed by atoms with Crippen LogP contribution >= 0.6 is 0 Å². The molecule has 2 unspecified atom stereocenters. The molecule has 2 N–H and O–H groups in total. The summed E-state index contributed by atoms with van der Waals surface area (Å²) in [6, 6.07) is 0. The fraction of sp³-hybridized carbons (Fsp3) is 0.857. The van der Waals surface area contributed by atoms with Gasteiger partial charge >= 0.3 is 0 Å². The monoisotopic (exact) mass is 225 g/mol. The molecule has 94 valence electrons. The fourth-order valence-electron chi connectivity index (χ4n) is 2.55. The summed E-state index contributed by atoms with van der Waals surface area (Å²) in [6.07, 6.45) is 10.8. The third kappa shape index (κ3) is 5.13. The number of hydrogen-bond acceptors (Lipinski definition) is 2. The van der Waals surface area contributed by atoms with Crippen LogP contribution in [-0.2, 0) is 4.74 Å². The molecule has 0 bridgehead atoms. The highest BCUT2D eigenvalue weighted by Gasteiger charge is 2.25. The van der Waals surface area contributed by atoms with Crippen LogP contribution in [0, 0.1) is 11.8 Å². The minimum Gasteiger partial charge on any atom is -0.381 e. The van der Waals surface area contributed by atoms with Gasteiger partial charge in [0.15, 0.2) is 0 Å². The first-order valence-electron chi connectivity index (χ1n) is 6.77. The SMILES string of the molecule is C=CCCCCCOCC1CCCC1CN. The van der Waals surface area contributed by atoms with Crippen LogP contribution in [0.4, 0.5) is 0 Å². The van der Waals surface area contributed by atoms with E-state index in [1.807, 2.05) is 6.08 Å². The van der Waals surface area contributed by atoms with Gasteiger partial charge in [0.25, 0.3) is 0 Å². The van der Waals surface area contributed by atoms with Crippen LogP contribution in [0.15, 0.2) is 12.7 Å². The predicted octanol–water partition coefficient (Wildman–Crippen LogP) is 3.12. The van der Waals surface area contributed by atoms with Crippen LogP contribution in [0.3, 0.4) is 0 Å². The zero-order valence-corrected chi connectivity index (χ0v) is 10.5. The standard InChI is InChI=1S/C14H27NO/c1-2-3-4-5-6-10-16-12-14-9-7-8-13(14)11-15/h2,13-14H,1,3-12,15H2. The van der Waals surface area contributed by atoms with Crippen LogP contribution < -0.4 is 5.73 Å². The smallest absolute Gasteiger partial charge is 0.0497 e. The minimum absolute atomic E-state index is 0.723. The molecule has 0 aromatic heterocycles. The Hall–Kier alpha value is -0.340. The van der Waals surface area contributed by atoms with E-state index in [1.165, 1.54) is 38.5 Å². The van der Waals surface area contributed by atoms with Crippen molar-refractivity contribution in [3.05, 3.63) is 12.7 Å². The van der Waals surface area contributed by atoms with Crippen molar-refractivity contribution >= 4 is 0 Å². The highest BCUT2D eigenvalue weighted by molar-refractivity contribution is 4.77. The first-order chi connectivity index (χ1) is 7.88. The number of nitrogens with two attached hydrogens (primary N) is 1. The zero-order valence-electron chi connectivity index (χ0n) is 10.5. The van der Waals surface area contributed by atoms with E-state index in [0.29, 0.717) is 0 Å². The summed E-state index contributed by atoms with van der Waals surface area (Å²) in [5.74, 6) is 1.46. The predicted molar refractivity (Wildman–Crippen MR) is 69.4 cm³/mol. The Morgan fingerprint density at radius 1 is 1.19 bits per heavy atom. The third-order valence-electron chi connectivity index (χ3n) is 3.65. The molecule has 2 nitrogen and oxygen atoms in total. The maximum Gasteiger partial charge on any atom is 0.0497 e. The van der Waals surface area contributed by atoms with Crippen molar-refractivity contribution in [3.63, 3.8) is 0 Å². The van der Waals surface area contributed by atoms with Gasteiger partial charge in [-0.2, -0.15) is 0 Å². The molecule has 16 heavy (non-hydrogen) atoms. The lowest BCUT2D eigenvalue weighted by Crippen LogP contribution is -2.22. The summed E-state index contributed by atoms with van der Waals surface area (Å²) >= 11 is 0. The van der Waals surface area contributed by atoms with Crippen molar-refractivity contribution in [2.24, 2.45) is 17.6 Å². The topological polar surface area (TPSA) is 35.2 Å². The Kier molecular flexibility index (Phi) is 7.52. The maximum atomic E-state index is 5.75. The van der Waals surface area contributed by atoms with Gasteiger partial charge in [0.2, 0.25) is 0 Å². The van der Waals surface area contributed by atoms with Gasteiger partial charge in [-0.05, 0) is 50.5 Å². The summed E-state index contributed by atoms with van der Waals surface area (Å²) in [5.41, 5.74) is 5.74. The Balaban J connectivity index is 1.92. The van der Waals surface area contributed by atoms with Gasteiger partial charge in [-0.25, -0.2) is 0 Å². The van der Waals surface area contributed by atoms with Crippen molar-refractivity contribution in [2.75, 3.05) is 19.8 Å². The number of rotatable bonds is 9. The Morgan fingerprint density at radius 3 is 2.75 bits per heavy atom. The van der Waals surface area contributed by atoms with Gasteiger partial charge in [0.1, 0.15) is 0 Å². The molecule has 2 atom stereocenters. The largest absolute Gasteiger partial charge is 0.381 e. The van der Waals surface area contributed by atoms with Gasteiger partial charge in [0, 0.05) is 13.2 Å². The number of allylic oxidation sites excluding steroid dienone is 1. The van der Waals surface area contributed by atoms with Crippen molar-refractivity contribution in [3.8, 4) is 0 Å². The molecule has 0 spiro atoms. The molecule has 0 saturated heterocycles. The van der Waals surface area contributed by atoms with Crippen LogP contribution in [0.25, 0.3) is 0 Å². The fourth-order valence-corrected chi connectivity index (χ4v) is 2.55. The highest BCUT2D eigenvalue weighted by Crippen LogP contribution is 2.30. The average molecular weight is 225 g/mol. The van der Waals surface area contributed by atoms with E-state index in [4.69, 9.17) is 10.5 Å². The molecule has 2 heteroatoms. The van der Waals surface area contributed by atoms with Gasteiger partial charge in [-0.1, -0.05) is 18.9 Å². The average Bonchev–Trinajstić information content (AvgIpc) is 2.75. The molecule has 1 rings (SSSR count). The third-order valence-corrected chi connectivity index (χ3v) is 3.65. The molecule has 0 heterocycles. The molecule has 0 amide bonds. The van der Waals surface area contributed by atoms with Crippen molar-refractivity contribution < 1.29 is 4.74 Å². The van der Waals surface area contributed by atoms with Gasteiger partial charge in [-0.15, -0.1) is 6.58 Å². The van der Waals surface area contributed by atoms with Gasteiger partial charge in [0.05, 0.1) is 0 Å². The molecule has 1 saturated carbocycles. The van der Waals surface area contributed by atoms with E-state index in [1.54, 1.807) is 0 Å². The lowest BCUT2D eigenvalue weighted by atomic mass is 9.97. The van der Waals surface area contributed by atoms with E-state index in [-0.39, 0.29) is 0 Å². The number of hydrogen-bond donors (Lipinski definition) is 1. The van der Waals surface area contributed by atoms with Crippen LogP contribution in [-0.4, -0.2) is 19.8 Å². The van der Waals surface area contributed by atoms with Crippen molar-refractivity contribution in [1.82, 2.24) is 0 Å². The van der Waals surface area contributed by atoms with E-state index >= 15 is 0 Å². The Labute approximate surface area is 100 Å². The summed E-state index contributed by atoms with van der Waals surface area (Å²) in [7, 11) is 0.